The fourth-order valence-corrected chi connectivity index (χ4v) is 28.2. The summed E-state index contributed by atoms with van der Waals surface area (Å²) in [6, 6.07) is 0. The monoisotopic (exact) mass is 1540 g/mol. The first-order chi connectivity index (χ1) is 52.2. The Morgan fingerprint density at radius 3 is 0.532 bits per heavy atom. The molecule has 0 unspecified atom stereocenters. The van der Waals surface area contributed by atoms with E-state index in [0.717, 1.165) is 166 Å². The van der Waals surface area contributed by atoms with Crippen LogP contribution in [0.25, 0.3) is 0 Å². The molecule has 0 atom stereocenters. The molecule has 0 heterocycles. The highest BCUT2D eigenvalue weighted by molar-refractivity contribution is 5.72. The molecule has 0 aliphatic heterocycles. The molecule has 622 valence electrons. The lowest BCUT2D eigenvalue weighted by Gasteiger charge is -2.56. The van der Waals surface area contributed by atoms with Gasteiger partial charge in [0.25, 0.3) is 0 Å². The number of carboxylic acid groups (broad SMARTS) is 1. The van der Waals surface area contributed by atoms with Crippen LogP contribution in [-0.4, -0.2) is 214 Å². The van der Waals surface area contributed by atoms with Crippen molar-refractivity contribution < 1.29 is 106 Å². The van der Waals surface area contributed by atoms with Crippen molar-refractivity contribution in [1.82, 2.24) is 0 Å². The maximum atomic E-state index is 13.3. The molecule has 20 bridgehead atoms. The van der Waals surface area contributed by atoms with E-state index in [1.54, 1.807) is 0 Å². The molecule has 0 aromatic rings. The van der Waals surface area contributed by atoms with Gasteiger partial charge in [-0.3, -0.25) is 24.0 Å². The number of hydrogen-bond acceptors (Lipinski definition) is 21. The molecular weight excluding hydrogens is 1400 g/mol. The zero-order valence-corrected chi connectivity index (χ0v) is 65.6. The average Bonchev–Trinajstić information content (AvgIpc) is 0.793. The van der Waals surface area contributed by atoms with Crippen molar-refractivity contribution in [3.8, 4) is 0 Å². The minimum atomic E-state index is -0.821. The van der Waals surface area contributed by atoms with E-state index in [2.05, 4.69) is 0 Å². The number of aliphatic hydroxyl groups excluding tert-OH is 4. The second-order valence-corrected chi connectivity index (χ2v) is 39.6. The molecule has 20 fully saturated rings. The highest BCUT2D eigenvalue weighted by Crippen LogP contribution is 2.66. The van der Waals surface area contributed by atoms with Crippen LogP contribution in [0.15, 0.2) is 0 Å². The molecule has 20 aliphatic rings. The summed E-state index contributed by atoms with van der Waals surface area (Å²) in [6.07, 6.45) is 40.4. The predicted octanol–water partition coefficient (Wildman–Crippen LogP) is 12.0. The Morgan fingerprint density at radius 1 is 0.239 bits per heavy atom. The third kappa shape index (κ3) is 23.6. The number of rotatable bonds is 46. The number of aliphatic hydroxyl groups is 4. The van der Waals surface area contributed by atoms with Crippen molar-refractivity contribution in [1.29, 1.82) is 0 Å². The van der Waals surface area contributed by atoms with Crippen LogP contribution in [-0.2, 0) is 80.8 Å². The van der Waals surface area contributed by atoms with Gasteiger partial charge in [0.2, 0.25) is 0 Å². The SMILES string of the molecule is C.O=C(CC12CC3CC(CC(C3)C1)C2)OCCOCC(COCCOC(=O)CC12CC3CC(CC(C3)C1)C2)(COCCOC(=O)CC12CC3CC(CC(C3)C1)C2)COCCOC(=O)CC12CC3CC(CC(C3)C1)C2.O=C(O)CC12CC3CC(CC(C3)C1)C2.OCCOCC(COCCO)(COCCO)COCCO. The molecule has 22 heteroatoms. The van der Waals surface area contributed by atoms with Crippen LogP contribution < -0.4 is 0 Å². The molecule has 0 aromatic carbocycles. The molecule has 22 nitrogen and oxygen atoms in total. The van der Waals surface area contributed by atoms with Crippen LogP contribution in [0.4, 0.5) is 0 Å². The van der Waals surface area contributed by atoms with Gasteiger partial charge in [-0.1, -0.05) is 7.43 Å². The van der Waals surface area contributed by atoms with E-state index in [1.165, 1.54) is 116 Å². The Morgan fingerprint density at radius 2 is 0.385 bits per heavy atom. The topological polar surface area (TPSA) is 297 Å². The third-order valence-electron chi connectivity index (χ3n) is 29.6. The summed E-state index contributed by atoms with van der Waals surface area (Å²) in [7, 11) is 0. The number of aliphatic carboxylic acids is 1. The van der Waals surface area contributed by atoms with Gasteiger partial charge in [0, 0.05) is 0 Å². The van der Waals surface area contributed by atoms with Gasteiger partial charge in [-0.2, -0.15) is 0 Å². The average molecular weight is 1540 g/mol. The predicted molar refractivity (Wildman–Crippen MR) is 404 cm³/mol. The second-order valence-electron chi connectivity index (χ2n) is 39.6. The minimum Gasteiger partial charge on any atom is -0.481 e. The normalized spacial score (nSPS) is 37.0. The Bertz CT molecular complexity index is 2380. The van der Waals surface area contributed by atoms with Crippen molar-refractivity contribution in [2.24, 2.45) is 127 Å². The molecule has 0 radical (unpaired) electrons. The minimum absolute atomic E-state index is 0. The first kappa shape index (κ1) is 85.2. The van der Waals surface area contributed by atoms with Crippen molar-refractivity contribution in [2.45, 2.75) is 232 Å². The number of ether oxygens (including phenoxy) is 12. The first-order valence-corrected chi connectivity index (χ1v) is 43.1. The summed E-state index contributed by atoms with van der Waals surface area (Å²) < 4.78 is 70.3. The van der Waals surface area contributed by atoms with Crippen molar-refractivity contribution in [2.75, 3.05) is 159 Å². The van der Waals surface area contributed by atoms with Crippen LogP contribution in [0.2, 0.25) is 0 Å². The molecule has 20 saturated carbocycles. The van der Waals surface area contributed by atoms with Crippen LogP contribution >= 0.6 is 0 Å². The van der Waals surface area contributed by atoms with E-state index < -0.39 is 16.8 Å². The lowest BCUT2D eigenvalue weighted by Crippen LogP contribution is -2.47. The molecule has 5 N–H and O–H groups in total. The molecular formula is C87H142O22. The van der Waals surface area contributed by atoms with E-state index in [4.69, 9.17) is 82.4 Å². The smallest absolute Gasteiger partial charge is 0.306 e. The summed E-state index contributed by atoms with van der Waals surface area (Å²) in [5, 5.41) is 44.1. The van der Waals surface area contributed by atoms with Gasteiger partial charge in [0.1, 0.15) is 26.4 Å². The number of carbonyl (C=O) groups excluding carboxylic acids is 4. The van der Waals surface area contributed by atoms with E-state index in [-0.39, 0.29) is 217 Å². The summed E-state index contributed by atoms with van der Waals surface area (Å²) in [5.74, 6) is 10.9. The van der Waals surface area contributed by atoms with Crippen molar-refractivity contribution in [3.05, 3.63) is 0 Å². The zero-order valence-electron chi connectivity index (χ0n) is 65.6. The third-order valence-corrected chi connectivity index (χ3v) is 29.6. The van der Waals surface area contributed by atoms with Crippen LogP contribution in [0.1, 0.15) is 232 Å². The van der Waals surface area contributed by atoms with Crippen LogP contribution in [0.5, 0.6) is 0 Å². The molecule has 0 spiro atoms. The zero-order chi connectivity index (χ0) is 75.3. The van der Waals surface area contributed by atoms with Gasteiger partial charge in [0.15, 0.2) is 0 Å². The Labute approximate surface area is 650 Å². The lowest BCUT2D eigenvalue weighted by atomic mass is 9.49. The van der Waals surface area contributed by atoms with Gasteiger partial charge in [0.05, 0.1) is 175 Å². The number of hydrogen-bond donors (Lipinski definition) is 5. The molecule has 0 amide bonds. The quantitative estimate of drug-likeness (QED) is 0.0215. The van der Waals surface area contributed by atoms with Gasteiger partial charge in [-0.25, -0.2) is 0 Å². The maximum absolute atomic E-state index is 13.3. The van der Waals surface area contributed by atoms with E-state index in [9.17, 15) is 24.0 Å². The second kappa shape index (κ2) is 39.2. The summed E-state index contributed by atoms with van der Waals surface area (Å²) in [6.45, 7) is 3.47. The molecule has 0 saturated heterocycles. The van der Waals surface area contributed by atoms with Crippen LogP contribution in [0, 0.1) is 127 Å². The van der Waals surface area contributed by atoms with Gasteiger partial charge in [-0.15, -0.1) is 0 Å². The highest BCUT2D eigenvalue weighted by Gasteiger charge is 2.57. The van der Waals surface area contributed by atoms with Gasteiger partial charge in [-0.05, 0) is 308 Å². The molecule has 20 aliphatic carbocycles. The fraction of sp³-hybridized carbons (Fsp3) is 0.943. The summed E-state index contributed by atoms with van der Waals surface area (Å²) >= 11 is 0. The number of carbonyl (C=O) groups is 5. The number of carboxylic acids is 1. The maximum Gasteiger partial charge on any atom is 0.306 e. The van der Waals surface area contributed by atoms with Gasteiger partial charge < -0.3 is 82.4 Å². The summed E-state index contributed by atoms with van der Waals surface area (Å²) in [5.41, 5.74) is -0.771. The van der Waals surface area contributed by atoms with Crippen molar-refractivity contribution >= 4 is 29.8 Å². The van der Waals surface area contributed by atoms with E-state index >= 15 is 0 Å². The molecule has 20 rings (SSSR count). The Balaban J connectivity index is 0.000000252. The largest absolute Gasteiger partial charge is 0.481 e. The van der Waals surface area contributed by atoms with E-state index in [1.807, 2.05) is 0 Å². The fourth-order valence-electron chi connectivity index (χ4n) is 28.2. The first-order valence-electron chi connectivity index (χ1n) is 43.1. The standard InChI is InChI=1S/C61H92O12.C13H28O8.C12H18O2.CH4/c62-53(33-57-21-41-9-42(22-57)11-43(10-41)23-57)70-5-1-66-37-61(38-67-2-6-71-54(63)34-58-24-44-12-45(25-58)14-46(13-44)26-58,39-68-3-7-72-55(64)35-59-27-47-15-48(28-59)17-49(16-47)29-59)40-69-4-8-73-56(65)36-60-30-50-18-51(31-60)20-52(19-50)32-60;14-1-5-18-9-13(10-19-6-2-15,11-20-7-3-16)12-21-8-4-17;13-11(14)7-12-4-8-1-9(5-12)3-10(2-8)6-12;/h41-52H,1-40H2;14-17H,1-12H2;8-10H,1-7H2,(H,13,14);1H4. The van der Waals surface area contributed by atoms with Crippen LogP contribution in [0.3, 0.4) is 0 Å². The lowest BCUT2D eigenvalue weighted by molar-refractivity contribution is -0.158. The summed E-state index contributed by atoms with van der Waals surface area (Å²) in [4.78, 5) is 64.2. The van der Waals surface area contributed by atoms with E-state index in [0.29, 0.717) is 32.1 Å². The number of esters is 4. The molecule has 109 heavy (non-hydrogen) atoms. The van der Waals surface area contributed by atoms with Gasteiger partial charge >= 0.3 is 29.8 Å². The molecule has 0 aromatic heterocycles. The highest BCUT2D eigenvalue weighted by atomic mass is 16.6. The Hall–Kier alpha value is -3.13. The Kier molecular flexibility index (Phi) is 30.7. The van der Waals surface area contributed by atoms with Crippen molar-refractivity contribution in [3.63, 3.8) is 0 Å².